The maximum Gasteiger partial charge on any atom is 0.240 e. The molecule has 128 valence electrons. The fourth-order valence-corrected chi connectivity index (χ4v) is 3.48. The Morgan fingerprint density at radius 2 is 1.00 bits per heavy atom. The average Bonchev–Trinajstić information content (AvgIpc) is 2.65. The molecule has 25 heavy (non-hydrogen) atoms. The molecule has 0 aromatic heterocycles. The first-order valence-corrected chi connectivity index (χ1v) is 8.16. The van der Waals surface area contributed by atoms with E-state index in [0.717, 1.165) is 16.7 Å². The molecule has 0 saturated carbocycles. The number of hydrogen-bond donors (Lipinski definition) is 1. The second kappa shape index (κ2) is 8.30. The summed E-state index contributed by atoms with van der Waals surface area (Å²) in [4.78, 5) is 12.2. The third-order valence-corrected chi connectivity index (χ3v) is 4.63. The van der Waals surface area contributed by atoms with Crippen molar-refractivity contribution in [2.24, 2.45) is 5.73 Å². The number of benzene rings is 3. The quantitative estimate of drug-likeness (QED) is 0.528. The van der Waals surface area contributed by atoms with Gasteiger partial charge in [0.25, 0.3) is 0 Å². The van der Waals surface area contributed by atoms with E-state index in [4.69, 9.17) is 17.3 Å². The fraction of sp³-hybridized carbons (Fsp3) is 0.0952. The smallest absolute Gasteiger partial charge is 0.240 e. The Balaban J connectivity index is 0.00000225. The summed E-state index contributed by atoms with van der Waals surface area (Å²) < 4.78 is 0. The van der Waals surface area contributed by atoms with E-state index in [1.165, 1.54) is 0 Å². The first-order valence-electron chi connectivity index (χ1n) is 7.79. The summed E-state index contributed by atoms with van der Waals surface area (Å²) in [6.45, 7) is 0. The van der Waals surface area contributed by atoms with Gasteiger partial charge in [0.05, 0.1) is 11.5 Å². The molecule has 0 aliphatic heterocycles. The minimum absolute atomic E-state index is 0. The Kier molecular flexibility index (Phi) is 6.38. The minimum Gasteiger partial charge on any atom is -0.319 e. The van der Waals surface area contributed by atoms with Crippen LogP contribution < -0.4 is 5.73 Å². The van der Waals surface area contributed by atoms with Crippen molar-refractivity contribution in [2.45, 2.75) is 11.5 Å². The maximum atomic E-state index is 12.2. The van der Waals surface area contributed by atoms with Crippen LogP contribution in [0.5, 0.6) is 0 Å². The normalized spacial score (nSPS) is 12.1. The van der Waals surface area contributed by atoms with Crippen LogP contribution in [-0.2, 0) is 10.2 Å². The van der Waals surface area contributed by atoms with Crippen molar-refractivity contribution >= 4 is 29.3 Å². The van der Waals surface area contributed by atoms with Crippen molar-refractivity contribution in [3.8, 4) is 0 Å². The highest BCUT2D eigenvalue weighted by Crippen LogP contribution is 2.42. The van der Waals surface area contributed by atoms with Crippen LogP contribution in [0.2, 0.25) is 0 Å². The predicted molar refractivity (Wildman–Crippen MR) is 105 cm³/mol. The molecule has 3 rings (SSSR count). The summed E-state index contributed by atoms with van der Waals surface area (Å²) in [5, 5.41) is -0.563. The van der Waals surface area contributed by atoms with Gasteiger partial charge < -0.3 is 5.73 Å². The van der Waals surface area contributed by atoms with Crippen LogP contribution in [0.15, 0.2) is 91.0 Å². The fourth-order valence-electron chi connectivity index (χ4n) is 3.31. The standard InChI is InChI=1S/C21H18ClNO.ClH/c22-20(24)19(23)21(16-10-4-1-5-11-16,17-12-6-2-7-13-17)18-14-8-3-9-15-18;/h1-15,19H,23H2;1H. The Bertz CT molecular complexity index is 710. The molecule has 0 saturated heterocycles. The number of hydrogen-bond acceptors (Lipinski definition) is 2. The van der Waals surface area contributed by atoms with Gasteiger partial charge in [-0.05, 0) is 28.3 Å². The van der Waals surface area contributed by atoms with Crippen molar-refractivity contribution in [1.29, 1.82) is 0 Å². The predicted octanol–water partition coefficient (Wildman–Crippen LogP) is 4.54. The van der Waals surface area contributed by atoms with E-state index >= 15 is 0 Å². The molecule has 3 aromatic rings. The summed E-state index contributed by atoms with van der Waals surface area (Å²) in [5.74, 6) is 0. The molecule has 0 spiro atoms. The molecule has 4 heteroatoms. The van der Waals surface area contributed by atoms with Crippen LogP contribution in [0.3, 0.4) is 0 Å². The van der Waals surface area contributed by atoms with Crippen molar-refractivity contribution in [2.75, 3.05) is 0 Å². The lowest BCUT2D eigenvalue weighted by atomic mass is 9.65. The van der Waals surface area contributed by atoms with Gasteiger partial charge in [-0.2, -0.15) is 0 Å². The lowest BCUT2D eigenvalue weighted by Crippen LogP contribution is -2.50. The summed E-state index contributed by atoms with van der Waals surface area (Å²) in [7, 11) is 0. The van der Waals surface area contributed by atoms with Gasteiger partial charge in [-0.1, -0.05) is 91.0 Å². The summed E-state index contributed by atoms with van der Waals surface area (Å²) >= 11 is 5.90. The Morgan fingerprint density at radius 1 is 0.720 bits per heavy atom. The Labute approximate surface area is 159 Å². The Morgan fingerprint density at radius 3 is 1.24 bits per heavy atom. The van der Waals surface area contributed by atoms with E-state index in [0.29, 0.717) is 0 Å². The van der Waals surface area contributed by atoms with Crippen molar-refractivity contribution in [3.05, 3.63) is 108 Å². The first-order chi connectivity index (χ1) is 11.7. The van der Waals surface area contributed by atoms with E-state index in [-0.39, 0.29) is 12.4 Å². The van der Waals surface area contributed by atoms with Gasteiger partial charge in [-0.15, -0.1) is 12.4 Å². The van der Waals surface area contributed by atoms with Gasteiger partial charge in [0, 0.05) is 0 Å². The number of rotatable bonds is 5. The molecule has 0 bridgehead atoms. The number of carbonyl (C=O) groups is 1. The molecular weight excluding hydrogens is 353 g/mol. The number of halogens is 2. The third-order valence-electron chi connectivity index (χ3n) is 4.40. The van der Waals surface area contributed by atoms with E-state index in [1.54, 1.807) is 0 Å². The second-order valence-electron chi connectivity index (χ2n) is 5.69. The van der Waals surface area contributed by atoms with Crippen LogP contribution in [0.25, 0.3) is 0 Å². The van der Waals surface area contributed by atoms with Gasteiger partial charge >= 0.3 is 0 Å². The molecule has 0 amide bonds. The van der Waals surface area contributed by atoms with Crippen molar-refractivity contribution < 1.29 is 4.79 Å². The SMILES string of the molecule is Cl.NC(C(=O)Cl)C(c1ccccc1)(c1ccccc1)c1ccccc1. The van der Waals surface area contributed by atoms with E-state index in [9.17, 15) is 4.79 Å². The monoisotopic (exact) mass is 371 g/mol. The molecular formula is C21H19Cl2NO. The lowest BCUT2D eigenvalue weighted by molar-refractivity contribution is -0.113. The van der Waals surface area contributed by atoms with Crippen LogP contribution in [0.1, 0.15) is 16.7 Å². The lowest BCUT2D eigenvalue weighted by Gasteiger charge is -2.39. The molecule has 0 fully saturated rings. The highest BCUT2D eigenvalue weighted by molar-refractivity contribution is 6.65. The van der Waals surface area contributed by atoms with E-state index in [2.05, 4.69) is 0 Å². The Hall–Kier alpha value is -2.13. The largest absolute Gasteiger partial charge is 0.319 e. The molecule has 1 unspecified atom stereocenters. The molecule has 0 heterocycles. The minimum atomic E-state index is -0.911. The highest BCUT2D eigenvalue weighted by Gasteiger charge is 2.44. The maximum absolute atomic E-state index is 12.2. The van der Waals surface area contributed by atoms with E-state index < -0.39 is 16.7 Å². The van der Waals surface area contributed by atoms with Crippen LogP contribution in [-0.4, -0.2) is 11.3 Å². The third kappa shape index (κ3) is 3.47. The summed E-state index contributed by atoms with van der Waals surface area (Å²) in [6.07, 6.45) is 0. The molecule has 2 nitrogen and oxygen atoms in total. The zero-order valence-corrected chi connectivity index (χ0v) is 15.1. The molecule has 0 radical (unpaired) electrons. The van der Waals surface area contributed by atoms with Gasteiger partial charge in [-0.3, -0.25) is 4.79 Å². The highest BCUT2D eigenvalue weighted by atomic mass is 35.5. The van der Waals surface area contributed by atoms with Gasteiger partial charge in [-0.25, -0.2) is 0 Å². The van der Waals surface area contributed by atoms with Crippen molar-refractivity contribution in [3.63, 3.8) is 0 Å². The molecule has 2 N–H and O–H groups in total. The summed E-state index contributed by atoms with van der Waals surface area (Å²) in [6, 6.07) is 28.5. The number of carbonyl (C=O) groups excluding carboxylic acids is 1. The molecule has 3 aromatic carbocycles. The topological polar surface area (TPSA) is 43.1 Å². The summed E-state index contributed by atoms with van der Waals surface area (Å²) in [5.41, 5.74) is 8.37. The van der Waals surface area contributed by atoms with Crippen LogP contribution in [0.4, 0.5) is 0 Å². The molecule has 1 atom stereocenters. The zero-order chi connectivity index (χ0) is 17.0. The second-order valence-corrected chi connectivity index (χ2v) is 6.06. The average molecular weight is 372 g/mol. The molecule has 0 aliphatic rings. The zero-order valence-electron chi connectivity index (χ0n) is 13.5. The van der Waals surface area contributed by atoms with Crippen LogP contribution in [0, 0.1) is 0 Å². The number of nitrogens with two attached hydrogens (primary N) is 1. The molecule has 0 aliphatic carbocycles. The van der Waals surface area contributed by atoms with Gasteiger partial charge in [0.1, 0.15) is 0 Å². The van der Waals surface area contributed by atoms with Gasteiger partial charge in [0.15, 0.2) is 0 Å². The van der Waals surface area contributed by atoms with Crippen LogP contribution >= 0.6 is 24.0 Å². The first kappa shape index (κ1) is 19.2. The van der Waals surface area contributed by atoms with Gasteiger partial charge in [0.2, 0.25) is 5.24 Å². The van der Waals surface area contributed by atoms with E-state index in [1.807, 2.05) is 91.0 Å². The van der Waals surface area contributed by atoms with Crippen molar-refractivity contribution in [1.82, 2.24) is 0 Å².